The van der Waals surface area contributed by atoms with Crippen LogP contribution < -0.4 is 5.32 Å². The first-order valence-corrected chi connectivity index (χ1v) is 9.16. The van der Waals surface area contributed by atoms with Crippen LogP contribution in [0.25, 0.3) is 0 Å². The molecule has 0 saturated carbocycles. The molecule has 0 bridgehead atoms. The molecule has 1 N–H and O–H groups in total. The third-order valence-electron chi connectivity index (χ3n) is 3.94. The number of anilines is 1. The Balaban J connectivity index is 2.23. The Morgan fingerprint density at radius 1 is 1.08 bits per heavy atom. The maximum atomic E-state index is 11.9. The van der Waals surface area contributed by atoms with Gasteiger partial charge in [-0.15, -0.1) is 0 Å². The third-order valence-corrected chi connectivity index (χ3v) is 4.17. The Morgan fingerprint density at radius 2 is 1.67 bits per heavy atom. The van der Waals surface area contributed by atoms with Crippen LogP contribution in [0, 0.1) is 10.1 Å². The van der Waals surface area contributed by atoms with Crippen molar-refractivity contribution in [1.82, 2.24) is 0 Å². The van der Waals surface area contributed by atoms with Gasteiger partial charge in [-0.2, -0.15) is 0 Å². The van der Waals surface area contributed by atoms with Crippen molar-refractivity contribution in [3.05, 3.63) is 33.3 Å². The monoisotopic (exact) mass is 354 g/mol. The molecule has 0 aliphatic carbocycles. The molecule has 0 aromatic heterocycles. The summed E-state index contributed by atoms with van der Waals surface area (Å²) in [6.45, 7) is 2.21. The molecule has 0 spiro atoms. The number of nitrogens with one attached hydrogen (secondary N) is 1. The highest BCUT2D eigenvalue weighted by Crippen LogP contribution is 2.27. The maximum absolute atomic E-state index is 11.9. The molecular weight excluding hydrogens is 328 g/mol. The zero-order chi connectivity index (χ0) is 17.8. The van der Waals surface area contributed by atoms with Crippen molar-refractivity contribution < 1.29 is 9.72 Å². The fourth-order valence-electron chi connectivity index (χ4n) is 2.58. The Hall–Kier alpha value is -1.62. The molecule has 0 radical (unpaired) electrons. The van der Waals surface area contributed by atoms with E-state index in [1.165, 1.54) is 56.7 Å². The second-order valence-corrected chi connectivity index (χ2v) is 6.48. The number of benzene rings is 1. The number of nitro benzene ring substituents is 1. The summed E-state index contributed by atoms with van der Waals surface area (Å²) in [6, 6.07) is 4.15. The lowest BCUT2D eigenvalue weighted by Crippen LogP contribution is -2.12. The SMILES string of the molecule is CCCCCCCCCCCC(=O)Nc1cc(Cl)ccc1[N+](=O)[O-]. The van der Waals surface area contributed by atoms with Gasteiger partial charge < -0.3 is 5.32 Å². The van der Waals surface area contributed by atoms with Crippen LogP contribution in [-0.4, -0.2) is 10.8 Å². The van der Waals surface area contributed by atoms with Crippen molar-refractivity contribution in [2.45, 2.75) is 71.1 Å². The number of carbonyl (C=O) groups excluding carboxylic acids is 1. The fraction of sp³-hybridized carbons (Fsp3) is 0.611. The molecule has 0 fully saturated rings. The summed E-state index contributed by atoms with van der Waals surface area (Å²) in [5, 5.41) is 13.9. The van der Waals surface area contributed by atoms with E-state index < -0.39 is 4.92 Å². The standard InChI is InChI=1S/C18H27ClN2O3/c1-2-3-4-5-6-7-8-9-10-11-18(22)20-16-14-15(19)12-13-17(16)21(23)24/h12-14H,2-11H2,1H3,(H,20,22). The molecule has 0 saturated heterocycles. The second-order valence-electron chi connectivity index (χ2n) is 6.05. The van der Waals surface area contributed by atoms with Gasteiger partial charge in [-0.05, 0) is 18.6 Å². The summed E-state index contributed by atoms with van der Waals surface area (Å²) in [6.07, 6.45) is 11.0. The molecule has 1 rings (SSSR count). The minimum absolute atomic E-state index is 0.139. The molecule has 1 amide bonds. The Kier molecular flexibility index (Phi) is 10.1. The van der Waals surface area contributed by atoms with Crippen LogP contribution in [0.5, 0.6) is 0 Å². The minimum atomic E-state index is -0.523. The number of unbranched alkanes of at least 4 members (excludes halogenated alkanes) is 8. The van der Waals surface area contributed by atoms with Crippen molar-refractivity contribution in [1.29, 1.82) is 0 Å². The lowest BCUT2D eigenvalue weighted by molar-refractivity contribution is -0.383. The lowest BCUT2D eigenvalue weighted by atomic mass is 10.1. The number of hydrogen-bond donors (Lipinski definition) is 1. The van der Waals surface area contributed by atoms with E-state index >= 15 is 0 Å². The number of nitrogens with zero attached hydrogens (tertiary/aromatic N) is 1. The van der Waals surface area contributed by atoms with E-state index in [1.807, 2.05) is 0 Å². The highest BCUT2D eigenvalue weighted by molar-refractivity contribution is 6.31. The molecule has 1 aromatic rings. The normalized spacial score (nSPS) is 10.6. The smallest absolute Gasteiger partial charge is 0.292 e. The molecule has 0 aliphatic rings. The lowest BCUT2D eigenvalue weighted by Gasteiger charge is -2.06. The van der Waals surface area contributed by atoms with Crippen molar-refractivity contribution in [2.75, 3.05) is 5.32 Å². The van der Waals surface area contributed by atoms with E-state index in [9.17, 15) is 14.9 Å². The van der Waals surface area contributed by atoms with E-state index in [-0.39, 0.29) is 17.3 Å². The summed E-state index contributed by atoms with van der Waals surface area (Å²) in [7, 11) is 0. The highest BCUT2D eigenvalue weighted by atomic mass is 35.5. The van der Waals surface area contributed by atoms with Crippen molar-refractivity contribution in [2.24, 2.45) is 0 Å². The average Bonchev–Trinajstić information content (AvgIpc) is 2.53. The second kappa shape index (κ2) is 11.8. The van der Waals surface area contributed by atoms with Gasteiger partial charge in [-0.3, -0.25) is 14.9 Å². The van der Waals surface area contributed by atoms with E-state index in [1.54, 1.807) is 0 Å². The number of nitro groups is 1. The summed E-state index contributed by atoms with van der Waals surface area (Å²) in [4.78, 5) is 22.4. The molecule has 0 atom stereocenters. The van der Waals surface area contributed by atoms with E-state index in [4.69, 9.17) is 11.6 Å². The van der Waals surface area contributed by atoms with Crippen LogP contribution in [0.3, 0.4) is 0 Å². The first-order valence-electron chi connectivity index (χ1n) is 8.78. The van der Waals surface area contributed by atoms with Crippen LogP contribution in [0.4, 0.5) is 11.4 Å². The molecule has 0 aliphatic heterocycles. The number of halogens is 1. The first kappa shape index (κ1) is 20.4. The van der Waals surface area contributed by atoms with Gasteiger partial charge in [0, 0.05) is 17.5 Å². The summed E-state index contributed by atoms with van der Waals surface area (Å²) < 4.78 is 0. The van der Waals surface area contributed by atoms with Crippen LogP contribution in [0.2, 0.25) is 5.02 Å². The summed E-state index contributed by atoms with van der Waals surface area (Å²) in [5.41, 5.74) is 0.0215. The van der Waals surface area contributed by atoms with Crippen molar-refractivity contribution in [3.8, 4) is 0 Å². The van der Waals surface area contributed by atoms with Crippen LogP contribution >= 0.6 is 11.6 Å². The predicted molar refractivity (Wildman–Crippen MR) is 98.6 cm³/mol. The number of rotatable bonds is 12. The van der Waals surface area contributed by atoms with Crippen LogP contribution in [-0.2, 0) is 4.79 Å². The van der Waals surface area contributed by atoms with Crippen molar-refractivity contribution >= 4 is 28.9 Å². The molecule has 0 heterocycles. The number of amides is 1. The zero-order valence-corrected chi connectivity index (χ0v) is 15.1. The van der Waals surface area contributed by atoms with Crippen LogP contribution in [0.1, 0.15) is 71.1 Å². The zero-order valence-electron chi connectivity index (χ0n) is 14.4. The largest absolute Gasteiger partial charge is 0.320 e. The quantitative estimate of drug-likeness (QED) is 0.279. The Labute approximate surface area is 148 Å². The van der Waals surface area contributed by atoms with E-state index in [2.05, 4.69) is 12.2 Å². The van der Waals surface area contributed by atoms with Gasteiger partial charge in [0.2, 0.25) is 5.91 Å². The van der Waals surface area contributed by atoms with Gasteiger partial charge in [0.15, 0.2) is 0 Å². The summed E-state index contributed by atoms with van der Waals surface area (Å²) >= 11 is 5.84. The summed E-state index contributed by atoms with van der Waals surface area (Å²) in [5.74, 6) is -0.205. The molecule has 0 unspecified atom stereocenters. The van der Waals surface area contributed by atoms with Gasteiger partial charge >= 0.3 is 0 Å². The number of hydrogen-bond acceptors (Lipinski definition) is 3. The average molecular weight is 355 g/mol. The Morgan fingerprint density at radius 3 is 2.25 bits per heavy atom. The predicted octanol–water partition coefficient (Wildman–Crippen LogP) is 6.11. The van der Waals surface area contributed by atoms with E-state index in [0.717, 1.165) is 19.3 Å². The van der Waals surface area contributed by atoms with Gasteiger partial charge in [-0.1, -0.05) is 69.9 Å². The first-order chi connectivity index (χ1) is 11.5. The highest BCUT2D eigenvalue weighted by Gasteiger charge is 2.15. The third kappa shape index (κ3) is 8.29. The molecule has 24 heavy (non-hydrogen) atoms. The minimum Gasteiger partial charge on any atom is -0.320 e. The van der Waals surface area contributed by atoms with Crippen molar-refractivity contribution in [3.63, 3.8) is 0 Å². The molecular formula is C18H27ClN2O3. The van der Waals surface area contributed by atoms with Gasteiger partial charge in [0.1, 0.15) is 5.69 Å². The fourth-order valence-corrected chi connectivity index (χ4v) is 2.75. The number of carbonyl (C=O) groups is 1. The topological polar surface area (TPSA) is 72.2 Å². The molecule has 5 nitrogen and oxygen atoms in total. The molecule has 1 aromatic carbocycles. The van der Waals surface area contributed by atoms with Gasteiger partial charge in [0.25, 0.3) is 5.69 Å². The van der Waals surface area contributed by atoms with E-state index in [0.29, 0.717) is 11.4 Å². The Bertz CT molecular complexity index is 535. The van der Waals surface area contributed by atoms with Gasteiger partial charge in [0.05, 0.1) is 4.92 Å². The molecule has 6 heteroatoms. The van der Waals surface area contributed by atoms with Gasteiger partial charge in [-0.25, -0.2) is 0 Å². The van der Waals surface area contributed by atoms with Crippen LogP contribution in [0.15, 0.2) is 18.2 Å². The maximum Gasteiger partial charge on any atom is 0.292 e. The molecule has 134 valence electrons.